The summed E-state index contributed by atoms with van der Waals surface area (Å²) in [5.41, 5.74) is 2.46. The molecule has 0 saturated carbocycles. The number of amides is 2. The first kappa shape index (κ1) is 29.2. The molecule has 1 saturated heterocycles. The Morgan fingerprint density at radius 1 is 1.15 bits per heavy atom. The van der Waals surface area contributed by atoms with E-state index in [4.69, 9.17) is 16.6 Å². The summed E-state index contributed by atoms with van der Waals surface area (Å²) in [6.45, 7) is 5.65. The van der Waals surface area contributed by atoms with Gasteiger partial charge in [0.15, 0.2) is 5.82 Å². The molecule has 1 aliphatic carbocycles. The predicted octanol–water partition coefficient (Wildman–Crippen LogP) is 4.19. The fraction of sp³-hybridized carbons (Fsp3) is 0.484. The van der Waals surface area contributed by atoms with Crippen LogP contribution in [0.3, 0.4) is 0 Å². The number of piperazine rings is 1. The third kappa shape index (κ3) is 5.75. The van der Waals surface area contributed by atoms with Crippen LogP contribution in [0.25, 0.3) is 10.9 Å². The van der Waals surface area contributed by atoms with E-state index in [2.05, 4.69) is 9.88 Å². The van der Waals surface area contributed by atoms with Gasteiger partial charge in [0.1, 0.15) is 17.2 Å². The summed E-state index contributed by atoms with van der Waals surface area (Å²) in [4.78, 5) is 39.0. The van der Waals surface area contributed by atoms with Crippen LogP contribution in [-0.2, 0) is 22.4 Å². The maximum absolute atomic E-state index is 16.8. The smallest absolute Gasteiger partial charge is 0.222 e. The Hall–Kier alpha value is -3.30. The Morgan fingerprint density at radius 2 is 1.85 bits per heavy atom. The first-order valence-electron chi connectivity index (χ1n) is 14.2. The van der Waals surface area contributed by atoms with Gasteiger partial charge in [0.05, 0.1) is 6.10 Å². The average molecular weight is 582 g/mol. The second-order valence-corrected chi connectivity index (χ2v) is 11.8. The minimum Gasteiger partial charge on any atom is -0.392 e. The zero-order valence-corrected chi connectivity index (χ0v) is 24.8. The van der Waals surface area contributed by atoms with Gasteiger partial charge in [-0.3, -0.25) is 9.59 Å². The number of hydrogen-bond donors (Lipinski definition) is 1. The summed E-state index contributed by atoms with van der Waals surface area (Å²) in [5, 5.41) is 11.7. The zero-order valence-electron chi connectivity index (χ0n) is 24.0. The van der Waals surface area contributed by atoms with Gasteiger partial charge in [-0.05, 0) is 36.0 Å². The van der Waals surface area contributed by atoms with Gasteiger partial charge in [-0.2, -0.15) is 0 Å². The molecule has 0 unspecified atom stereocenters. The first-order chi connectivity index (χ1) is 19.6. The molecule has 0 bridgehead atoms. The van der Waals surface area contributed by atoms with Crippen LogP contribution < -0.4 is 4.90 Å². The molecule has 1 N–H and O–H groups in total. The number of carbonyl (C=O) groups is 2. The summed E-state index contributed by atoms with van der Waals surface area (Å²) in [7, 11) is 3.44. The quantitative estimate of drug-likeness (QED) is 0.470. The second kappa shape index (κ2) is 11.9. The lowest BCUT2D eigenvalue weighted by atomic mass is 9.71. The number of carbonyl (C=O) groups excluding carboxylic acids is 2. The zero-order chi connectivity index (χ0) is 29.4. The molecule has 0 radical (unpaired) electrons. The van der Waals surface area contributed by atoms with Gasteiger partial charge in [-0.25, -0.2) is 14.4 Å². The number of aliphatic hydroxyl groups is 1. The molecule has 2 aliphatic rings. The van der Waals surface area contributed by atoms with Gasteiger partial charge in [0.25, 0.3) is 0 Å². The van der Waals surface area contributed by atoms with Crippen molar-refractivity contribution in [1.82, 2.24) is 19.8 Å². The van der Waals surface area contributed by atoms with Crippen LogP contribution in [0.2, 0.25) is 5.02 Å². The van der Waals surface area contributed by atoms with Crippen LogP contribution in [0.4, 0.5) is 10.2 Å². The summed E-state index contributed by atoms with van der Waals surface area (Å²) < 4.78 is 16.8. The highest BCUT2D eigenvalue weighted by molar-refractivity contribution is 6.32. The first-order valence-corrected chi connectivity index (χ1v) is 14.6. The van der Waals surface area contributed by atoms with Gasteiger partial charge in [-0.1, -0.05) is 42.8 Å². The van der Waals surface area contributed by atoms with E-state index in [1.54, 1.807) is 36.9 Å². The molecule has 0 spiro atoms. The van der Waals surface area contributed by atoms with E-state index in [-0.39, 0.29) is 28.3 Å². The molecule has 2 amide bonds. The number of nitrogens with zero attached hydrogens (tertiary/aromatic N) is 5. The molecule has 1 aliphatic heterocycles. The molecular formula is C31H37ClFN5O3. The molecule has 5 rings (SSSR count). The maximum Gasteiger partial charge on any atom is 0.222 e. The van der Waals surface area contributed by atoms with Crippen LogP contribution in [0.1, 0.15) is 55.1 Å². The number of anilines is 1. The van der Waals surface area contributed by atoms with Crippen molar-refractivity contribution < 1.29 is 19.1 Å². The topological polar surface area (TPSA) is 89.9 Å². The highest BCUT2D eigenvalue weighted by atomic mass is 35.5. The van der Waals surface area contributed by atoms with Gasteiger partial charge < -0.3 is 19.8 Å². The van der Waals surface area contributed by atoms with E-state index < -0.39 is 17.8 Å². The van der Waals surface area contributed by atoms with Crippen LogP contribution in [0.15, 0.2) is 30.3 Å². The predicted molar refractivity (Wildman–Crippen MR) is 158 cm³/mol. The van der Waals surface area contributed by atoms with Crippen molar-refractivity contribution in [1.29, 1.82) is 0 Å². The minimum absolute atomic E-state index is 0.00938. The van der Waals surface area contributed by atoms with Gasteiger partial charge in [0, 0.05) is 81.9 Å². The third-order valence-electron chi connectivity index (χ3n) is 8.52. The number of rotatable bonds is 6. The van der Waals surface area contributed by atoms with E-state index in [1.165, 1.54) is 0 Å². The Balaban J connectivity index is 1.61. The number of halogens is 2. The van der Waals surface area contributed by atoms with Crippen molar-refractivity contribution >= 4 is 40.1 Å². The lowest BCUT2D eigenvalue weighted by Gasteiger charge is -2.37. The summed E-state index contributed by atoms with van der Waals surface area (Å²) in [5.74, 6) is -0.141. The van der Waals surface area contributed by atoms with E-state index in [1.807, 2.05) is 31.2 Å². The molecular weight excluding hydrogens is 545 g/mol. The Bertz CT molecular complexity index is 1470. The minimum atomic E-state index is -0.635. The van der Waals surface area contributed by atoms with Crippen molar-refractivity contribution in [3.05, 3.63) is 63.7 Å². The standard InChI is InChI=1S/C31H37ClFN5O3/c1-18-24(40)16-20-8-5-6-9-21(20)27(18)28-23(32)17-22-30(29(28)33)34-25(10-7-11-26(41)36(3)4)35-31(22)38-14-12-37(13-15-38)19(2)39/h5-6,8-9,17-18,24,27,40H,7,10-16H2,1-4H3/t18-,24-,27-/m0/s1. The summed E-state index contributed by atoms with van der Waals surface area (Å²) in [6.07, 6.45) is 1.15. The molecule has 8 nitrogen and oxygen atoms in total. The molecule has 218 valence electrons. The fourth-order valence-electron chi connectivity index (χ4n) is 6.09. The van der Waals surface area contributed by atoms with Crippen molar-refractivity contribution in [2.24, 2.45) is 5.92 Å². The normalized spacial score (nSPS) is 20.7. The molecule has 2 aromatic carbocycles. The van der Waals surface area contributed by atoms with Crippen LogP contribution in [-0.4, -0.2) is 83.1 Å². The van der Waals surface area contributed by atoms with Crippen molar-refractivity contribution in [2.75, 3.05) is 45.2 Å². The summed E-state index contributed by atoms with van der Waals surface area (Å²) >= 11 is 6.89. The number of benzene rings is 2. The molecule has 1 aromatic heterocycles. The highest BCUT2D eigenvalue weighted by Gasteiger charge is 2.37. The molecule has 3 atom stereocenters. The Kier molecular flexibility index (Phi) is 8.47. The van der Waals surface area contributed by atoms with Gasteiger partial charge in [0.2, 0.25) is 11.8 Å². The summed E-state index contributed by atoms with van der Waals surface area (Å²) in [6, 6.07) is 9.55. The Morgan fingerprint density at radius 3 is 2.54 bits per heavy atom. The number of fused-ring (bicyclic) bond motifs is 2. The number of aryl methyl sites for hydroxylation is 1. The van der Waals surface area contributed by atoms with Crippen molar-refractivity contribution in [2.45, 2.75) is 51.6 Å². The van der Waals surface area contributed by atoms with E-state index in [9.17, 15) is 14.7 Å². The Labute approximate surface area is 245 Å². The van der Waals surface area contributed by atoms with Crippen LogP contribution in [0, 0.1) is 11.7 Å². The second-order valence-electron chi connectivity index (χ2n) is 11.4. The highest BCUT2D eigenvalue weighted by Crippen LogP contribution is 2.46. The lowest BCUT2D eigenvalue weighted by molar-refractivity contribution is -0.129. The number of aromatic nitrogens is 2. The number of aliphatic hydroxyl groups excluding tert-OH is 1. The van der Waals surface area contributed by atoms with E-state index in [0.717, 1.165) is 11.1 Å². The SMILES string of the molecule is CC(=O)N1CCN(c2nc(CCCC(=O)N(C)C)nc3c(F)c([C@@H]4c5ccccc5C[C@H](O)[C@@H]4C)c(Cl)cc23)CC1. The van der Waals surface area contributed by atoms with Crippen LogP contribution in [0.5, 0.6) is 0 Å². The van der Waals surface area contributed by atoms with Crippen LogP contribution >= 0.6 is 11.6 Å². The monoisotopic (exact) mass is 581 g/mol. The molecule has 1 fully saturated rings. The number of hydrogen-bond acceptors (Lipinski definition) is 6. The van der Waals surface area contributed by atoms with Gasteiger partial charge in [-0.15, -0.1) is 0 Å². The van der Waals surface area contributed by atoms with E-state index in [0.29, 0.717) is 74.5 Å². The van der Waals surface area contributed by atoms with Gasteiger partial charge >= 0.3 is 0 Å². The maximum atomic E-state index is 16.8. The van der Waals surface area contributed by atoms with Crippen molar-refractivity contribution in [3.8, 4) is 0 Å². The molecule has 2 heterocycles. The largest absolute Gasteiger partial charge is 0.392 e. The van der Waals surface area contributed by atoms with Crippen molar-refractivity contribution in [3.63, 3.8) is 0 Å². The molecule has 41 heavy (non-hydrogen) atoms. The third-order valence-corrected chi connectivity index (χ3v) is 8.83. The molecule has 3 aromatic rings. The average Bonchev–Trinajstić information content (AvgIpc) is 2.95. The molecule has 10 heteroatoms. The van der Waals surface area contributed by atoms with E-state index >= 15 is 4.39 Å². The fourth-order valence-corrected chi connectivity index (χ4v) is 6.40. The lowest BCUT2D eigenvalue weighted by Crippen LogP contribution is -2.48.